The van der Waals surface area contributed by atoms with Gasteiger partial charge in [0.1, 0.15) is 30.3 Å². The van der Waals surface area contributed by atoms with Crippen molar-refractivity contribution < 1.29 is 37.8 Å². The zero-order valence-corrected chi connectivity index (χ0v) is 25.4. The molecule has 2 aromatic heterocycles. The van der Waals surface area contributed by atoms with Crippen molar-refractivity contribution in [3.8, 4) is 17.1 Å². The van der Waals surface area contributed by atoms with Crippen LogP contribution in [0.25, 0.3) is 22.2 Å². The summed E-state index contributed by atoms with van der Waals surface area (Å²) in [4.78, 5) is 46.8. The smallest absolute Gasteiger partial charge is 0.408 e. The molecule has 0 spiro atoms. The first-order valence-electron chi connectivity index (χ1n) is 14.5. The van der Waals surface area contributed by atoms with Gasteiger partial charge in [-0.3, -0.25) is 4.79 Å². The minimum Gasteiger partial charge on any atom is -0.508 e. The molecule has 0 aliphatic carbocycles. The summed E-state index contributed by atoms with van der Waals surface area (Å²) >= 11 is 0. The van der Waals surface area contributed by atoms with Crippen LogP contribution >= 0.6 is 0 Å². The number of aromatic nitrogens is 2. The van der Waals surface area contributed by atoms with Crippen LogP contribution in [-0.4, -0.2) is 46.2 Å². The number of alkyl carbamates (subject to hydrolysis) is 1. The number of aromatic hydroxyl groups is 1. The van der Waals surface area contributed by atoms with Crippen molar-refractivity contribution in [2.75, 3.05) is 7.11 Å². The molecule has 0 saturated carbocycles. The van der Waals surface area contributed by atoms with Crippen molar-refractivity contribution in [3.05, 3.63) is 108 Å². The number of aromatic amines is 1. The van der Waals surface area contributed by atoms with E-state index in [1.807, 2.05) is 32.0 Å². The number of hydrogen-bond donors (Lipinski definition) is 4. The van der Waals surface area contributed by atoms with Gasteiger partial charge in [-0.15, -0.1) is 0 Å². The maximum atomic E-state index is 14.1. The lowest BCUT2D eigenvalue weighted by Crippen LogP contribution is -2.49. The maximum absolute atomic E-state index is 14.1. The number of oxazole rings is 1. The van der Waals surface area contributed by atoms with Crippen molar-refractivity contribution in [1.82, 2.24) is 20.6 Å². The first-order chi connectivity index (χ1) is 22.1. The number of phenolic OH excluding ortho intramolecular Hbond substituents is 1. The fourth-order valence-electron chi connectivity index (χ4n) is 4.92. The summed E-state index contributed by atoms with van der Waals surface area (Å²) in [6.45, 7) is 3.65. The Labute approximate surface area is 263 Å². The van der Waals surface area contributed by atoms with Gasteiger partial charge in [0.2, 0.25) is 11.8 Å². The van der Waals surface area contributed by atoms with Crippen LogP contribution in [-0.2, 0) is 27.3 Å². The number of rotatable bonds is 11. The van der Waals surface area contributed by atoms with Gasteiger partial charge in [-0.25, -0.2) is 19.0 Å². The predicted molar refractivity (Wildman–Crippen MR) is 166 cm³/mol. The first kappa shape index (κ1) is 31.8. The normalized spacial score (nSPS) is 12.5. The van der Waals surface area contributed by atoms with Crippen LogP contribution in [0.1, 0.15) is 47.4 Å². The molecule has 4 N–H and O–H groups in total. The van der Waals surface area contributed by atoms with Crippen LogP contribution in [0, 0.1) is 11.7 Å². The Morgan fingerprint density at radius 3 is 2.43 bits per heavy atom. The molecule has 238 valence electrons. The highest BCUT2D eigenvalue weighted by Gasteiger charge is 2.32. The second kappa shape index (κ2) is 14.0. The van der Waals surface area contributed by atoms with Gasteiger partial charge in [0.05, 0.1) is 7.11 Å². The summed E-state index contributed by atoms with van der Waals surface area (Å²) in [7, 11) is 1.20. The average Bonchev–Trinajstić information content (AvgIpc) is 3.67. The largest absolute Gasteiger partial charge is 0.508 e. The number of H-pyrrole nitrogens is 1. The zero-order chi connectivity index (χ0) is 32.8. The van der Waals surface area contributed by atoms with Crippen molar-refractivity contribution in [3.63, 3.8) is 0 Å². The highest BCUT2D eigenvalue weighted by molar-refractivity contribution is 6.01. The van der Waals surface area contributed by atoms with Gasteiger partial charge in [-0.2, -0.15) is 0 Å². The van der Waals surface area contributed by atoms with Gasteiger partial charge in [0, 0.05) is 29.1 Å². The van der Waals surface area contributed by atoms with Crippen molar-refractivity contribution in [2.45, 2.75) is 39.0 Å². The summed E-state index contributed by atoms with van der Waals surface area (Å²) in [5, 5.41) is 15.7. The van der Waals surface area contributed by atoms with Gasteiger partial charge in [-0.1, -0.05) is 56.3 Å². The van der Waals surface area contributed by atoms with Crippen molar-refractivity contribution >= 4 is 28.9 Å². The minimum atomic E-state index is -1.10. The Morgan fingerprint density at radius 1 is 1.00 bits per heavy atom. The summed E-state index contributed by atoms with van der Waals surface area (Å²) in [6.07, 6.45) is 0.840. The fraction of sp³-hybridized carbons (Fsp3) is 0.235. The van der Waals surface area contributed by atoms with Crippen LogP contribution in [0.4, 0.5) is 9.18 Å². The molecular weight excluding hydrogens is 595 g/mol. The van der Waals surface area contributed by atoms with Crippen LogP contribution in [0.5, 0.6) is 5.75 Å². The third-order valence-electron chi connectivity index (χ3n) is 7.34. The number of benzene rings is 3. The van der Waals surface area contributed by atoms with Crippen LogP contribution in [0.2, 0.25) is 0 Å². The molecule has 46 heavy (non-hydrogen) atoms. The summed E-state index contributed by atoms with van der Waals surface area (Å²) < 4.78 is 30.6. The van der Waals surface area contributed by atoms with Crippen LogP contribution in [0.3, 0.4) is 0 Å². The number of carbonyl (C=O) groups excluding carboxylic acids is 3. The third kappa shape index (κ3) is 7.34. The monoisotopic (exact) mass is 628 g/mol. The van der Waals surface area contributed by atoms with Crippen LogP contribution in [0.15, 0.2) is 83.4 Å². The molecule has 12 heteroatoms. The SMILES string of the molecule is COC(=O)c1nc([C@@H](NC(=O)[C@H](Cc2ccc(O)cc2)NC(=O)OCc2ccccc2)C(C)C)oc1-c1c[nH]c2ccc(F)cc12. The van der Waals surface area contributed by atoms with Crippen molar-refractivity contribution in [2.24, 2.45) is 5.92 Å². The van der Waals surface area contributed by atoms with Gasteiger partial charge in [0.25, 0.3) is 0 Å². The second-order valence-electron chi connectivity index (χ2n) is 11.0. The lowest BCUT2D eigenvalue weighted by Gasteiger charge is -2.24. The standard InChI is InChI=1S/C34H33FN4O7/c1-19(2)28(32-39-29(33(42)44-3)30(46-32)25-17-36-26-14-11-22(35)16-24(25)26)38-31(41)27(15-20-9-12-23(40)13-10-20)37-34(43)45-18-21-7-5-4-6-8-21/h4-14,16-17,19,27-28,36,40H,15,18H2,1-3H3,(H,37,43)(H,38,41)/t27-,28-/m0/s1. The Balaban J connectivity index is 1.43. The number of carbonyl (C=O) groups is 3. The topological polar surface area (TPSA) is 156 Å². The number of hydrogen-bond acceptors (Lipinski definition) is 8. The first-order valence-corrected chi connectivity index (χ1v) is 14.5. The molecule has 3 aromatic carbocycles. The maximum Gasteiger partial charge on any atom is 0.408 e. The number of esters is 1. The number of phenols is 1. The molecule has 11 nitrogen and oxygen atoms in total. The number of nitrogens with one attached hydrogen (secondary N) is 3. The summed E-state index contributed by atoms with van der Waals surface area (Å²) in [6, 6.07) is 17.6. The molecular formula is C34H33FN4O7. The van der Waals surface area contributed by atoms with E-state index in [2.05, 4.69) is 20.6 Å². The Morgan fingerprint density at radius 2 is 1.74 bits per heavy atom. The fourth-order valence-corrected chi connectivity index (χ4v) is 4.92. The quantitative estimate of drug-likeness (QED) is 0.134. The molecule has 0 aliphatic heterocycles. The lowest BCUT2D eigenvalue weighted by molar-refractivity contribution is -0.124. The predicted octanol–water partition coefficient (Wildman–Crippen LogP) is 5.81. The molecule has 2 heterocycles. The molecule has 5 aromatic rings. The van der Waals surface area contributed by atoms with E-state index in [1.54, 1.807) is 36.5 Å². The molecule has 0 bridgehead atoms. The van der Waals surface area contributed by atoms with Gasteiger partial charge in [0.15, 0.2) is 11.5 Å². The molecule has 0 saturated heterocycles. The van der Waals surface area contributed by atoms with E-state index in [4.69, 9.17) is 13.9 Å². The number of amides is 2. The molecule has 5 rings (SSSR count). The van der Waals surface area contributed by atoms with E-state index in [9.17, 15) is 23.9 Å². The number of fused-ring (bicyclic) bond motifs is 1. The van der Waals surface area contributed by atoms with E-state index < -0.39 is 35.9 Å². The summed E-state index contributed by atoms with van der Waals surface area (Å²) in [5.74, 6) is -2.01. The second-order valence-corrected chi connectivity index (χ2v) is 11.0. The molecule has 0 unspecified atom stereocenters. The third-order valence-corrected chi connectivity index (χ3v) is 7.34. The Kier molecular flexibility index (Phi) is 9.65. The minimum absolute atomic E-state index is 0.00196. The number of ether oxygens (including phenoxy) is 2. The Hall–Kier alpha value is -5.65. The number of nitrogens with zero attached hydrogens (tertiary/aromatic N) is 1. The Bertz CT molecular complexity index is 1830. The number of methoxy groups -OCH3 is 1. The van der Waals surface area contributed by atoms with E-state index in [0.29, 0.717) is 22.0 Å². The van der Waals surface area contributed by atoms with E-state index >= 15 is 0 Å². The molecule has 2 amide bonds. The average molecular weight is 629 g/mol. The van der Waals surface area contributed by atoms with Crippen molar-refractivity contribution in [1.29, 1.82) is 0 Å². The van der Waals surface area contributed by atoms with E-state index in [0.717, 1.165) is 5.56 Å². The summed E-state index contributed by atoms with van der Waals surface area (Å²) in [5.41, 5.74) is 2.29. The molecule has 2 atom stereocenters. The van der Waals surface area contributed by atoms with E-state index in [1.165, 1.54) is 31.4 Å². The zero-order valence-electron chi connectivity index (χ0n) is 25.4. The highest BCUT2D eigenvalue weighted by Crippen LogP contribution is 2.35. The van der Waals surface area contributed by atoms with Gasteiger partial charge in [-0.05, 0) is 47.4 Å². The molecule has 0 aliphatic rings. The number of halogens is 1. The van der Waals surface area contributed by atoms with Gasteiger partial charge >= 0.3 is 12.1 Å². The lowest BCUT2D eigenvalue weighted by atomic mass is 10.0. The van der Waals surface area contributed by atoms with Crippen LogP contribution < -0.4 is 10.6 Å². The van der Waals surface area contributed by atoms with E-state index in [-0.39, 0.29) is 42.0 Å². The highest BCUT2D eigenvalue weighted by atomic mass is 19.1. The molecule has 0 radical (unpaired) electrons. The molecule has 0 fully saturated rings. The van der Waals surface area contributed by atoms with Gasteiger partial charge < -0.3 is 34.6 Å².